The second-order valence-electron chi connectivity index (χ2n) is 4.35. The summed E-state index contributed by atoms with van der Waals surface area (Å²) < 4.78 is 36.6. The summed E-state index contributed by atoms with van der Waals surface area (Å²) >= 11 is 0. The second-order valence-corrected chi connectivity index (χ2v) is 5.74. The van der Waals surface area contributed by atoms with E-state index in [0.717, 1.165) is 12.1 Å². The molecule has 0 atom stereocenters. The molecule has 1 aromatic carbocycles. The van der Waals surface area contributed by atoms with Crippen molar-refractivity contribution in [3.63, 3.8) is 0 Å². The Morgan fingerprint density at radius 2 is 1.76 bits per heavy atom. The van der Waals surface area contributed by atoms with E-state index in [0.29, 0.717) is 0 Å². The molecule has 0 amide bonds. The highest BCUT2D eigenvalue weighted by Crippen LogP contribution is 2.24. The number of rotatable bonds is 4. The van der Waals surface area contributed by atoms with Crippen molar-refractivity contribution in [1.29, 1.82) is 0 Å². The molecular weight excluding hydrogens is 300 g/mol. The van der Waals surface area contributed by atoms with E-state index in [1.54, 1.807) is 13.8 Å². The fourth-order valence-electron chi connectivity index (χ4n) is 1.66. The maximum atomic E-state index is 11.9. The minimum atomic E-state index is -4.67. The lowest BCUT2D eigenvalue weighted by atomic mass is 10.0. The molecule has 0 unspecified atom stereocenters. The first-order valence-corrected chi connectivity index (χ1v) is 7.05. The van der Waals surface area contributed by atoms with E-state index in [2.05, 4.69) is 0 Å². The third-order valence-electron chi connectivity index (χ3n) is 2.48. The van der Waals surface area contributed by atoms with Gasteiger partial charge in [-0.2, -0.15) is 8.42 Å². The van der Waals surface area contributed by atoms with Crippen molar-refractivity contribution in [3.8, 4) is 0 Å². The Hall–Kier alpha value is -1.93. The summed E-state index contributed by atoms with van der Waals surface area (Å²) in [7, 11) is -4.67. The Morgan fingerprint density at radius 3 is 2.14 bits per heavy atom. The summed E-state index contributed by atoms with van der Waals surface area (Å²) in [6.45, 7) is 4.39. The van der Waals surface area contributed by atoms with Crippen LogP contribution in [0.15, 0.2) is 17.0 Å². The lowest BCUT2D eigenvalue weighted by Crippen LogP contribution is -2.18. The smallest absolute Gasteiger partial charge is 0.340 e. The maximum Gasteiger partial charge on any atom is 0.340 e. The fourth-order valence-corrected chi connectivity index (χ4v) is 2.39. The molecule has 0 aliphatic carbocycles. The first-order valence-electron chi connectivity index (χ1n) is 5.61. The van der Waals surface area contributed by atoms with E-state index < -0.39 is 38.6 Å². The second kappa shape index (κ2) is 6.68. The fraction of sp³-hybridized carbons (Fsp3) is 0.385. The van der Waals surface area contributed by atoms with E-state index in [-0.39, 0.29) is 18.6 Å². The summed E-state index contributed by atoms with van der Waals surface area (Å²) in [5, 5.41) is 8.98. The number of ether oxygens (including phenoxy) is 1. The minimum absolute atomic E-state index is 0. The van der Waals surface area contributed by atoms with Gasteiger partial charge in [0.1, 0.15) is 4.90 Å². The van der Waals surface area contributed by atoms with Crippen molar-refractivity contribution in [3.05, 3.63) is 28.8 Å². The lowest BCUT2D eigenvalue weighted by molar-refractivity contribution is 0.0372. The number of benzene rings is 1. The Balaban J connectivity index is 0.00000400. The molecule has 0 saturated carbocycles. The zero-order valence-corrected chi connectivity index (χ0v) is 11.9. The SMILES string of the molecule is C.Cc1c(C(=O)O)ccc(S(=O)(=O)O)c1C(=O)OC(C)C. The van der Waals surface area contributed by atoms with Crippen molar-refractivity contribution in [2.45, 2.75) is 39.2 Å². The van der Waals surface area contributed by atoms with Crippen LogP contribution in [0.2, 0.25) is 0 Å². The van der Waals surface area contributed by atoms with Crippen molar-refractivity contribution >= 4 is 22.1 Å². The van der Waals surface area contributed by atoms with Gasteiger partial charge in [0, 0.05) is 0 Å². The monoisotopic (exact) mass is 318 g/mol. The van der Waals surface area contributed by atoms with Crippen LogP contribution in [0.1, 0.15) is 47.6 Å². The van der Waals surface area contributed by atoms with E-state index in [4.69, 9.17) is 14.4 Å². The summed E-state index contributed by atoms with van der Waals surface area (Å²) in [5.74, 6) is -2.32. The van der Waals surface area contributed by atoms with Crippen LogP contribution >= 0.6 is 0 Å². The van der Waals surface area contributed by atoms with Crippen molar-refractivity contribution in [2.24, 2.45) is 0 Å². The average Bonchev–Trinajstić information content (AvgIpc) is 2.25. The van der Waals surface area contributed by atoms with Gasteiger partial charge in [0.15, 0.2) is 0 Å². The van der Waals surface area contributed by atoms with Crippen LogP contribution in [-0.4, -0.2) is 36.1 Å². The molecule has 0 radical (unpaired) electrons. The first-order chi connectivity index (χ1) is 9.05. The molecule has 2 N–H and O–H groups in total. The molecule has 0 saturated heterocycles. The van der Waals surface area contributed by atoms with E-state index in [1.165, 1.54) is 6.92 Å². The predicted molar refractivity (Wildman–Crippen MR) is 75.2 cm³/mol. The number of carbonyl (C=O) groups is 2. The molecule has 21 heavy (non-hydrogen) atoms. The molecule has 0 fully saturated rings. The van der Waals surface area contributed by atoms with Gasteiger partial charge in [-0.3, -0.25) is 4.55 Å². The van der Waals surface area contributed by atoms with Crippen molar-refractivity contribution in [1.82, 2.24) is 0 Å². The minimum Gasteiger partial charge on any atom is -0.478 e. The largest absolute Gasteiger partial charge is 0.478 e. The van der Waals surface area contributed by atoms with Gasteiger partial charge < -0.3 is 9.84 Å². The molecule has 0 aliphatic heterocycles. The van der Waals surface area contributed by atoms with Crippen LogP contribution in [0, 0.1) is 6.92 Å². The van der Waals surface area contributed by atoms with Gasteiger partial charge in [0.05, 0.1) is 17.2 Å². The van der Waals surface area contributed by atoms with Crippen LogP contribution in [-0.2, 0) is 14.9 Å². The number of esters is 1. The Kier molecular flexibility index (Phi) is 6.07. The highest BCUT2D eigenvalue weighted by Gasteiger charge is 2.27. The Morgan fingerprint density at radius 1 is 1.24 bits per heavy atom. The number of carboxylic acids is 1. The molecule has 1 rings (SSSR count). The van der Waals surface area contributed by atoms with Gasteiger partial charge in [-0.05, 0) is 38.5 Å². The first kappa shape index (κ1) is 19.1. The maximum absolute atomic E-state index is 11.9. The Labute approximate surface area is 123 Å². The summed E-state index contributed by atoms with van der Waals surface area (Å²) in [4.78, 5) is 22.3. The van der Waals surface area contributed by atoms with Gasteiger partial charge in [-0.15, -0.1) is 0 Å². The number of hydrogen-bond acceptors (Lipinski definition) is 5. The zero-order chi connectivity index (χ0) is 15.7. The summed E-state index contributed by atoms with van der Waals surface area (Å²) in [6, 6.07) is 1.87. The van der Waals surface area contributed by atoms with Crippen molar-refractivity contribution in [2.75, 3.05) is 0 Å². The van der Waals surface area contributed by atoms with Crippen LogP contribution < -0.4 is 0 Å². The molecule has 0 heterocycles. The third kappa shape index (κ3) is 4.27. The standard InChI is InChI=1S/C12H14O7S.CH4/c1-6(2)19-12(15)10-7(3)8(11(13)14)4-5-9(10)20(16,17)18;/h4-6H,1-3H3,(H,13,14)(H,16,17,18);1H4. The lowest BCUT2D eigenvalue weighted by Gasteiger charge is -2.14. The number of hydrogen-bond donors (Lipinski definition) is 2. The average molecular weight is 318 g/mol. The summed E-state index contributed by atoms with van der Waals surface area (Å²) in [6.07, 6.45) is -0.523. The van der Waals surface area contributed by atoms with E-state index in [1.807, 2.05) is 0 Å². The van der Waals surface area contributed by atoms with Crippen LogP contribution in [0.25, 0.3) is 0 Å². The third-order valence-corrected chi connectivity index (χ3v) is 3.38. The highest BCUT2D eigenvalue weighted by molar-refractivity contribution is 7.86. The van der Waals surface area contributed by atoms with Crippen LogP contribution in [0.5, 0.6) is 0 Å². The normalized spacial score (nSPS) is 10.9. The molecule has 7 nitrogen and oxygen atoms in total. The number of aromatic carboxylic acids is 1. The number of carboxylic acid groups (broad SMARTS) is 1. The van der Waals surface area contributed by atoms with Gasteiger partial charge in [-0.1, -0.05) is 7.43 Å². The van der Waals surface area contributed by atoms with E-state index in [9.17, 15) is 18.0 Å². The molecule has 118 valence electrons. The molecule has 0 spiro atoms. The molecule has 0 bridgehead atoms. The molecule has 1 aromatic rings. The van der Waals surface area contributed by atoms with E-state index >= 15 is 0 Å². The topological polar surface area (TPSA) is 118 Å². The van der Waals surface area contributed by atoms with Gasteiger partial charge in [0.2, 0.25) is 0 Å². The Bertz CT molecular complexity index is 659. The molecular formula is C13H18O7S. The summed E-state index contributed by atoms with van der Waals surface area (Å²) in [5.41, 5.74) is -0.799. The molecule has 0 aromatic heterocycles. The number of carbonyl (C=O) groups excluding carboxylic acids is 1. The van der Waals surface area contributed by atoms with Crippen molar-refractivity contribution < 1.29 is 32.4 Å². The van der Waals surface area contributed by atoms with Gasteiger partial charge in [-0.25, -0.2) is 9.59 Å². The van der Waals surface area contributed by atoms with Gasteiger partial charge in [0.25, 0.3) is 10.1 Å². The zero-order valence-electron chi connectivity index (χ0n) is 11.1. The highest BCUT2D eigenvalue weighted by atomic mass is 32.2. The van der Waals surface area contributed by atoms with Crippen LogP contribution in [0.3, 0.4) is 0 Å². The molecule has 8 heteroatoms. The van der Waals surface area contributed by atoms with Crippen LogP contribution in [0.4, 0.5) is 0 Å². The predicted octanol–water partition coefficient (Wildman–Crippen LogP) is 2.14. The molecule has 0 aliphatic rings. The quantitative estimate of drug-likeness (QED) is 0.645. The van der Waals surface area contributed by atoms with Gasteiger partial charge >= 0.3 is 11.9 Å².